The molecule has 1 aromatic heterocycles. The Morgan fingerprint density at radius 3 is 2.70 bits per heavy atom. The summed E-state index contributed by atoms with van der Waals surface area (Å²) in [6, 6.07) is 12.3. The number of hydrogen-bond donors (Lipinski definition) is 0. The van der Waals surface area contributed by atoms with Gasteiger partial charge in [0.05, 0.1) is 4.92 Å². The largest absolute Gasteiger partial charge is 0.436 e. The normalized spacial score (nSPS) is 11.8. The minimum absolute atomic E-state index is 0.0255. The molecular formula is C18H18N2O3. The zero-order valence-corrected chi connectivity index (χ0v) is 13.4. The number of fused-ring (bicyclic) bond motifs is 1. The summed E-state index contributed by atoms with van der Waals surface area (Å²) in [6.07, 6.45) is 1.02. The number of rotatable bonds is 4. The Hall–Kier alpha value is -2.69. The fourth-order valence-electron chi connectivity index (χ4n) is 2.43. The molecule has 0 radical (unpaired) electrons. The van der Waals surface area contributed by atoms with Crippen LogP contribution in [0.25, 0.3) is 22.6 Å². The van der Waals surface area contributed by atoms with Crippen molar-refractivity contribution in [2.75, 3.05) is 0 Å². The summed E-state index contributed by atoms with van der Waals surface area (Å²) in [4.78, 5) is 14.9. The maximum Gasteiger partial charge on any atom is 0.270 e. The van der Waals surface area contributed by atoms with Crippen LogP contribution in [0.4, 0.5) is 5.69 Å². The van der Waals surface area contributed by atoms with Crippen molar-refractivity contribution < 1.29 is 9.34 Å². The van der Waals surface area contributed by atoms with E-state index in [2.05, 4.69) is 31.8 Å². The highest BCUT2D eigenvalue weighted by Gasteiger charge is 2.20. The van der Waals surface area contributed by atoms with Crippen molar-refractivity contribution in [2.24, 2.45) is 0 Å². The van der Waals surface area contributed by atoms with Gasteiger partial charge in [0.15, 0.2) is 5.58 Å². The van der Waals surface area contributed by atoms with Crippen LogP contribution in [0, 0.1) is 10.1 Å². The van der Waals surface area contributed by atoms with E-state index in [1.54, 1.807) is 12.1 Å². The molecule has 5 nitrogen and oxygen atoms in total. The average Bonchev–Trinajstić information content (AvgIpc) is 2.98. The van der Waals surface area contributed by atoms with Crippen LogP contribution in [0.5, 0.6) is 0 Å². The maximum atomic E-state index is 10.9. The first-order valence-corrected chi connectivity index (χ1v) is 7.56. The Morgan fingerprint density at radius 1 is 1.22 bits per heavy atom. The number of nitro groups is 1. The van der Waals surface area contributed by atoms with Crippen LogP contribution in [-0.2, 0) is 5.41 Å². The Balaban J connectivity index is 2.07. The molecule has 3 rings (SSSR count). The first-order chi connectivity index (χ1) is 10.9. The van der Waals surface area contributed by atoms with Gasteiger partial charge in [0.1, 0.15) is 5.52 Å². The number of aromatic nitrogens is 1. The van der Waals surface area contributed by atoms with Gasteiger partial charge in [0, 0.05) is 17.7 Å². The molecule has 118 valence electrons. The third kappa shape index (κ3) is 2.82. The van der Waals surface area contributed by atoms with Gasteiger partial charge in [-0.25, -0.2) is 4.98 Å². The number of non-ortho nitro benzene ring substituents is 1. The lowest BCUT2D eigenvalue weighted by Gasteiger charge is -2.22. The Morgan fingerprint density at radius 2 is 2.00 bits per heavy atom. The highest BCUT2D eigenvalue weighted by molar-refractivity contribution is 5.77. The second kappa shape index (κ2) is 5.50. The maximum absolute atomic E-state index is 10.9. The Kier molecular flexibility index (Phi) is 3.64. The SMILES string of the molecule is CCC(C)(C)c1ccc2nc(-c3cccc([N+](=O)[O-])c3)oc2c1. The predicted molar refractivity (Wildman–Crippen MR) is 89.4 cm³/mol. The van der Waals surface area contributed by atoms with E-state index in [0.29, 0.717) is 17.0 Å². The summed E-state index contributed by atoms with van der Waals surface area (Å²) >= 11 is 0. The molecule has 1 heterocycles. The first kappa shape index (κ1) is 15.2. The van der Waals surface area contributed by atoms with Gasteiger partial charge in [0.25, 0.3) is 5.69 Å². The molecule has 0 fully saturated rings. The van der Waals surface area contributed by atoms with Gasteiger partial charge in [0.2, 0.25) is 5.89 Å². The minimum Gasteiger partial charge on any atom is -0.436 e. The fraction of sp³-hybridized carbons (Fsp3) is 0.278. The summed E-state index contributed by atoms with van der Waals surface area (Å²) in [5, 5.41) is 10.9. The van der Waals surface area contributed by atoms with Crippen LogP contribution in [0.15, 0.2) is 46.9 Å². The van der Waals surface area contributed by atoms with Crippen LogP contribution >= 0.6 is 0 Å². The second-order valence-corrected chi connectivity index (χ2v) is 6.25. The van der Waals surface area contributed by atoms with Crippen LogP contribution in [0.2, 0.25) is 0 Å². The number of oxazole rings is 1. The zero-order valence-electron chi connectivity index (χ0n) is 13.4. The smallest absolute Gasteiger partial charge is 0.270 e. The number of nitrogens with zero attached hydrogens (tertiary/aromatic N) is 2. The van der Waals surface area contributed by atoms with E-state index < -0.39 is 4.92 Å². The lowest BCUT2D eigenvalue weighted by atomic mass is 9.82. The summed E-state index contributed by atoms with van der Waals surface area (Å²) in [5.41, 5.74) is 3.33. The third-order valence-corrected chi connectivity index (χ3v) is 4.36. The molecule has 0 saturated carbocycles. The van der Waals surface area contributed by atoms with Crippen LogP contribution < -0.4 is 0 Å². The van der Waals surface area contributed by atoms with Gasteiger partial charge < -0.3 is 4.42 Å². The number of hydrogen-bond acceptors (Lipinski definition) is 4. The summed E-state index contributed by atoms with van der Waals surface area (Å²) in [6.45, 7) is 6.52. The topological polar surface area (TPSA) is 69.2 Å². The van der Waals surface area contributed by atoms with Crippen LogP contribution in [0.1, 0.15) is 32.8 Å². The van der Waals surface area contributed by atoms with Crippen molar-refractivity contribution in [3.63, 3.8) is 0 Å². The molecule has 0 aliphatic heterocycles. The Bertz CT molecular complexity index is 881. The van der Waals surface area contributed by atoms with E-state index >= 15 is 0 Å². The van der Waals surface area contributed by atoms with E-state index in [0.717, 1.165) is 11.9 Å². The minimum atomic E-state index is -0.423. The van der Waals surface area contributed by atoms with E-state index in [1.807, 2.05) is 12.1 Å². The quantitative estimate of drug-likeness (QED) is 0.497. The highest BCUT2D eigenvalue weighted by Crippen LogP contribution is 2.32. The molecule has 3 aromatic rings. The van der Waals surface area contributed by atoms with Gasteiger partial charge in [-0.15, -0.1) is 0 Å². The van der Waals surface area contributed by atoms with Gasteiger partial charge in [-0.05, 0) is 35.6 Å². The standard InChI is InChI=1S/C18H18N2O3/c1-4-18(2,3)13-8-9-15-16(11-13)23-17(19-15)12-6-5-7-14(10-12)20(21)22/h5-11H,4H2,1-3H3. The molecule has 5 heteroatoms. The lowest BCUT2D eigenvalue weighted by molar-refractivity contribution is -0.384. The molecule has 0 N–H and O–H groups in total. The third-order valence-electron chi connectivity index (χ3n) is 4.36. The van der Waals surface area contributed by atoms with Gasteiger partial charge in [-0.3, -0.25) is 10.1 Å². The van der Waals surface area contributed by atoms with Crippen LogP contribution in [-0.4, -0.2) is 9.91 Å². The zero-order chi connectivity index (χ0) is 16.6. The van der Waals surface area contributed by atoms with Crippen molar-refractivity contribution in [3.05, 3.63) is 58.1 Å². The monoisotopic (exact) mass is 310 g/mol. The molecule has 0 unspecified atom stereocenters. The molecule has 0 bridgehead atoms. The summed E-state index contributed by atoms with van der Waals surface area (Å²) in [7, 11) is 0. The van der Waals surface area contributed by atoms with Gasteiger partial charge >= 0.3 is 0 Å². The van der Waals surface area contributed by atoms with Gasteiger partial charge in [-0.1, -0.05) is 32.9 Å². The van der Waals surface area contributed by atoms with E-state index in [4.69, 9.17) is 4.42 Å². The molecule has 2 aromatic carbocycles. The molecule has 0 aliphatic carbocycles. The van der Waals surface area contributed by atoms with Crippen molar-refractivity contribution >= 4 is 16.8 Å². The van der Waals surface area contributed by atoms with Crippen LogP contribution in [0.3, 0.4) is 0 Å². The first-order valence-electron chi connectivity index (χ1n) is 7.56. The molecule has 0 aliphatic rings. The highest BCUT2D eigenvalue weighted by atomic mass is 16.6. The van der Waals surface area contributed by atoms with Crippen molar-refractivity contribution in [3.8, 4) is 11.5 Å². The Labute approximate surface area is 134 Å². The number of nitro benzene ring substituents is 1. The molecule has 23 heavy (non-hydrogen) atoms. The lowest BCUT2D eigenvalue weighted by Crippen LogP contribution is -2.14. The van der Waals surface area contributed by atoms with Crippen molar-refractivity contribution in [1.82, 2.24) is 4.98 Å². The van der Waals surface area contributed by atoms with Crippen molar-refractivity contribution in [1.29, 1.82) is 0 Å². The van der Waals surface area contributed by atoms with E-state index in [-0.39, 0.29) is 11.1 Å². The molecule has 0 saturated heterocycles. The average molecular weight is 310 g/mol. The fourth-order valence-corrected chi connectivity index (χ4v) is 2.43. The van der Waals surface area contributed by atoms with E-state index in [9.17, 15) is 10.1 Å². The summed E-state index contributed by atoms with van der Waals surface area (Å²) in [5.74, 6) is 0.398. The molecule has 0 atom stereocenters. The predicted octanol–water partition coefficient (Wildman–Crippen LogP) is 5.09. The van der Waals surface area contributed by atoms with E-state index in [1.165, 1.54) is 17.7 Å². The molecule has 0 spiro atoms. The molecule has 0 amide bonds. The number of benzene rings is 2. The van der Waals surface area contributed by atoms with Crippen molar-refractivity contribution in [2.45, 2.75) is 32.6 Å². The van der Waals surface area contributed by atoms with Gasteiger partial charge in [-0.2, -0.15) is 0 Å². The molecular weight excluding hydrogens is 292 g/mol. The summed E-state index contributed by atoms with van der Waals surface area (Å²) < 4.78 is 5.84. The second-order valence-electron chi connectivity index (χ2n) is 6.25.